The zero-order valence-corrected chi connectivity index (χ0v) is 11.2. The van der Waals surface area contributed by atoms with E-state index in [0.717, 1.165) is 11.3 Å². The molecular formula is C16H16N2O. The van der Waals surface area contributed by atoms with Crippen LogP contribution < -0.4 is 4.74 Å². The standard InChI is InChI=1S/C16H16N2O/c1-4-5-10-16(11-17,12-18)13(2)14-6-8-15(19-3)9-7-14/h4-9H,2,10H2,1,3H3/b5-4+. The van der Waals surface area contributed by atoms with Gasteiger partial charge in [0.1, 0.15) is 5.75 Å². The van der Waals surface area contributed by atoms with Gasteiger partial charge in [-0.25, -0.2) is 0 Å². The minimum absolute atomic E-state index is 0.335. The van der Waals surface area contributed by atoms with E-state index in [1.807, 2.05) is 13.0 Å². The van der Waals surface area contributed by atoms with E-state index in [-0.39, 0.29) is 0 Å². The molecule has 0 aromatic heterocycles. The minimum atomic E-state index is -1.22. The van der Waals surface area contributed by atoms with Crippen molar-refractivity contribution >= 4 is 5.57 Å². The molecule has 0 aliphatic carbocycles. The molecule has 0 unspecified atom stereocenters. The van der Waals surface area contributed by atoms with Crippen molar-refractivity contribution in [3.8, 4) is 17.9 Å². The van der Waals surface area contributed by atoms with Gasteiger partial charge in [-0.1, -0.05) is 30.9 Å². The van der Waals surface area contributed by atoms with Crippen molar-refractivity contribution in [1.29, 1.82) is 10.5 Å². The monoisotopic (exact) mass is 252 g/mol. The Hall–Kier alpha value is -2.52. The van der Waals surface area contributed by atoms with Gasteiger partial charge in [-0.3, -0.25) is 0 Å². The van der Waals surface area contributed by atoms with Crippen LogP contribution in [-0.4, -0.2) is 7.11 Å². The summed E-state index contributed by atoms with van der Waals surface area (Å²) in [6.45, 7) is 5.78. The maximum absolute atomic E-state index is 9.34. The number of allylic oxidation sites excluding steroid dienone is 3. The van der Waals surface area contributed by atoms with Crippen LogP contribution in [0.3, 0.4) is 0 Å². The van der Waals surface area contributed by atoms with Gasteiger partial charge < -0.3 is 4.74 Å². The summed E-state index contributed by atoms with van der Waals surface area (Å²) in [6.07, 6.45) is 3.97. The molecule has 0 heterocycles. The van der Waals surface area contributed by atoms with Crippen molar-refractivity contribution < 1.29 is 4.74 Å². The molecule has 19 heavy (non-hydrogen) atoms. The summed E-state index contributed by atoms with van der Waals surface area (Å²) in [5.41, 5.74) is 0.0628. The highest BCUT2D eigenvalue weighted by molar-refractivity contribution is 5.74. The molecule has 0 aliphatic heterocycles. The van der Waals surface area contributed by atoms with Crippen molar-refractivity contribution in [3.05, 3.63) is 48.6 Å². The second-order valence-electron chi connectivity index (χ2n) is 4.11. The number of methoxy groups -OCH3 is 1. The number of benzene rings is 1. The van der Waals surface area contributed by atoms with Gasteiger partial charge in [0.2, 0.25) is 0 Å². The Kier molecular flexibility index (Phi) is 4.92. The first-order valence-electron chi connectivity index (χ1n) is 5.91. The van der Waals surface area contributed by atoms with Crippen molar-refractivity contribution in [1.82, 2.24) is 0 Å². The SMILES string of the molecule is C=C(c1ccc(OC)cc1)C(C#N)(C#N)C/C=C/C. The smallest absolute Gasteiger partial charge is 0.172 e. The summed E-state index contributed by atoms with van der Waals surface area (Å²) in [6, 6.07) is 11.4. The van der Waals surface area contributed by atoms with E-state index in [4.69, 9.17) is 4.74 Å². The van der Waals surface area contributed by atoms with E-state index in [1.54, 1.807) is 37.5 Å². The normalized spacial score (nSPS) is 10.7. The molecule has 0 radical (unpaired) electrons. The second kappa shape index (κ2) is 6.42. The summed E-state index contributed by atoms with van der Waals surface area (Å²) in [7, 11) is 1.59. The van der Waals surface area contributed by atoms with E-state index in [9.17, 15) is 10.5 Å². The topological polar surface area (TPSA) is 56.8 Å². The van der Waals surface area contributed by atoms with Crippen molar-refractivity contribution in [2.24, 2.45) is 5.41 Å². The maximum Gasteiger partial charge on any atom is 0.172 e. The fraction of sp³-hybridized carbons (Fsp3) is 0.250. The summed E-state index contributed by atoms with van der Waals surface area (Å²) >= 11 is 0. The van der Waals surface area contributed by atoms with E-state index in [1.165, 1.54) is 0 Å². The summed E-state index contributed by atoms with van der Waals surface area (Å²) in [5, 5.41) is 18.7. The van der Waals surface area contributed by atoms with Gasteiger partial charge in [0, 0.05) is 6.42 Å². The van der Waals surface area contributed by atoms with Crippen LogP contribution in [0.5, 0.6) is 5.75 Å². The van der Waals surface area contributed by atoms with Gasteiger partial charge in [-0.05, 0) is 30.2 Å². The van der Waals surface area contributed by atoms with Crippen LogP contribution in [0.2, 0.25) is 0 Å². The van der Waals surface area contributed by atoms with Crippen LogP contribution >= 0.6 is 0 Å². The molecule has 1 aromatic carbocycles. The highest BCUT2D eigenvalue weighted by Crippen LogP contribution is 2.37. The van der Waals surface area contributed by atoms with Crippen LogP contribution in [0.15, 0.2) is 43.0 Å². The molecule has 3 nitrogen and oxygen atoms in total. The van der Waals surface area contributed by atoms with Gasteiger partial charge >= 0.3 is 0 Å². The van der Waals surface area contributed by atoms with E-state index in [2.05, 4.69) is 18.7 Å². The van der Waals surface area contributed by atoms with Crippen LogP contribution in [-0.2, 0) is 0 Å². The Morgan fingerprint density at radius 2 is 1.89 bits per heavy atom. The first kappa shape index (κ1) is 14.5. The third-order valence-corrected chi connectivity index (χ3v) is 3.00. The molecule has 0 fully saturated rings. The van der Waals surface area contributed by atoms with Crippen LogP contribution in [0, 0.1) is 28.1 Å². The lowest BCUT2D eigenvalue weighted by Gasteiger charge is -2.20. The highest BCUT2D eigenvalue weighted by atomic mass is 16.5. The molecule has 0 N–H and O–H groups in total. The Morgan fingerprint density at radius 3 is 2.32 bits per heavy atom. The molecule has 0 amide bonds. The first-order chi connectivity index (χ1) is 9.13. The molecule has 96 valence electrons. The van der Waals surface area contributed by atoms with Crippen molar-refractivity contribution in [2.75, 3.05) is 7.11 Å². The number of ether oxygens (including phenoxy) is 1. The van der Waals surface area contributed by atoms with E-state index in [0.29, 0.717) is 12.0 Å². The molecule has 1 rings (SSSR count). The molecule has 3 heteroatoms. The van der Waals surface area contributed by atoms with Crippen molar-refractivity contribution in [2.45, 2.75) is 13.3 Å². The third-order valence-electron chi connectivity index (χ3n) is 3.00. The van der Waals surface area contributed by atoms with E-state index < -0.39 is 5.41 Å². The van der Waals surface area contributed by atoms with Gasteiger partial charge in [0.15, 0.2) is 5.41 Å². The number of nitriles is 2. The number of hydrogen-bond acceptors (Lipinski definition) is 3. The lowest BCUT2D eigenvalue weighted by atomic mass is 9.77. The van der Waals surface area contributed by atoms with Crippen LogP contribution in [0.1, 0.15) is 18.9 Å². The molecule has 0 bridgehead atoms. The first-order valence-corrected chi connectivity index (χ1v) is 5.91. The molecule has 0 spiro atoms. The van der Waals surface area contributed by atoms with Crippen LogP contribution in [0.25, 0.3) is 5.57 Å². The number of hydrogen-bond donors (Lipinski definition) is 0. The second-order valence-corrected chi connectivity index (χ2v) is 4.11. The predicted octanol–water partition coefficient (Wildman–Crippen LogP) is 3.71. The molecule has 0 atom stereocenters. The lowest BCUT2D eigenvalue weighted by molar-refractivity contribution is 0.414. The molecular weight excluding hydrogens is 236 g/mol. The summed E-state index contributed by atoms with van der Waals surface area (Å²) < 4.78 is 5.08. The van der Waals surface area contributed by atoms with Crippen molar-refractivity contribution in [3.63, 3.8) is 0 Å². The quantitative estimate of drug-likeness (QED) is 0.750. The van der Waals surface area contributed by atoms with Gasteiger partial charge in [-0.15, -0.1) is 0 Å². The zero-order valence-electron chi connectivity index (χ0n) is 11.2. The fourth-order valence-electron chi connectivity index (χ4n) is 1.71. The average Bonchev–Trinajstić information content (AvgIpc) is 2.48. The third kappa shape index (κ3) is 3.03. The maximum atomic E-state index is 9.34. The lowest BCUT2D eigenvalue weighted by Crippen LogP contribution is -2.17. The van der Waals surface area contributed by atoms with Crippen LogP contribution in [0.4, 0.5) is 0 Å². The predicted molar refractivity (Wildman–Crippen MR) is 75.1 cm³/mol. The Bertz CT molecular complexity index is 542. The Morgan fingerprint density at radius 1 is 1.32 bits per heavy atom. The number of nitrogens with zero attached hydrogens (tertiary/aromatic N) is 2. The summed E-state index contributed by atoms with van der Waals surface area (Å²) in [4.78, 5) is 0. The minimum Gasteiger partial charge on any atom is -0.497 e. The fourth-order valence-corrected chi connectivity index (χ4v) is 1.71. The Balaban J connectivity index is 3.13. The van der Waals surface area contributed by atoms with Gasteiger partial charge in [0.25, 0.3) is 0 Å². The summed E-state index contributed by atoms with van der Waals surface area (Å²) in [5.74, 6) is 0.726. The van der Waals surface area contributed by atoms with E-state index >= 15 is 0 Å². The largest absolute Gasteiger partial charge is 0.497 e. The number of rotatable bonds is 5. The van der Waals surface area contributed by atoms with Gasteiger partial charge in [0.05, 0.1) is 19.2 Å². The molecule has 1 aromatic rings. The Labute approximate surface area is 114 Å². The molecule has 0 saturated carbocycles. The zero-order chi connectivity index (χ0) is 14.3. The molecule has 0 saturated heterocycles. The highest BCUT2D eigenvalue weighted by Gasteiger charge is 2.33. The molecule has 0 aliphatic rings. The average molecular weight is 252 g/mol. The van der Waals surface area contributed by atoms with Gasteiger partial charge in [-0.2, -0.15) is 10.5 Å².